The van der Waals surface area contributed by atoms with Crippen LogP contribution in [-0.2, 0) is 0 Å². The van der Waals surface area contributed by atoms with Gasteiger partial charge in [-0.05, 0) is 44.4 Å². The van der Waals surface area contributed by atoms with E-state index in [0.717, 1.165) is 18.4 Å². The van der Waals surface area contributed by atoms with Gasteiger partial charge in [-0.3, -0.25) is 4.79 Å². The van der Waals surface area contributed by atoms with E-state index >= 15 is 0 Å². The number of carbonyl (C=O) groups excluding carboxylic acids is 1. The van der Waals surface area contributed by atoms with E-state index in [1.807, 2.05) is 19.9 Å². The van der Waals surface area contributed by atoms with Gasteiger partial charge in [0.25, 0.3) is 5.91 Å². The Balaban J connectivity index is 2.18. The first kappa shape index (κ1) is 10.0. The van der Waals surface area contributed by atoms with Crippen LogP contribution in [0.2, 0.25) is 0 Å². The van der Waals surface area contributed by atoms with Crippen LogP contribution in [0.1, 0.15) is 35.7 Å². The van der Waals surface area contributed by atoms with E-state index in [1.54, 1.807) is 12.1 Å². The van der Waals surface area contributed by atoms with Crippen molar-refractivity contribution in [3.8, 4) is 5.75 Å². The molecule has 0 heterocycles. The summed E-state index contributed by atoms with van der Waals surface area (Å²) in [5.74, 6) is -0.135. The zero-order valence-corrected chi connectivity index (χ0v) is 9.00. The van der Waals surface area contributed by atoms with Gasteiger partial charge in [0, 0.05) is 5.54 Å². The van der Waals surface area contributed by atoms with Crippen LogP contribution >= 0.6 is 0 Å². The van der Waals surface area contributed by atoms with E-state index in [4.69, 9.17) is 0 Å². The number of benzene rings is 1. The Morgan fingerprint density at radius 3 is 2.67 bits per heavy atom. The van der Waals surface area contributed by atoms with Crippen LogP contribution in [-0.4, -0.2) is 16.6 Å². The summed E-state index contributed by atoms with van der Waals surface area (Å²) in [6.07, 6.45) is 2.04. The highest BCUT2D eigenvalue weighted by molar-refractivity contribution is 5.97. The summed E-state index contributed by atoms with van der Waals surface area (Å²) in [6.45, 7) is 3.89. The average molecular weight is 205 g/mol. The summed E-state index contributed by atoms with van der Waals surface area (Å²) in [6, 6.07) is 5.08. The number of amides is 1. The van der Waals surface area contributed by atoms with Crippen LogP contribution in [0.25, 0.3) is 0 Å². The predicted octanol–water partition coefficient (Wildman–Crippen LogP) is 1.98. The number of rotatable bonds is 2. The summed E-state index contributed by atoms with van der Waals surface area (Å²) >= 11 is 0. The van der Waals surface area contributed by atoms with Gasteiger partial charge in [-0.1, -0.05) is 6.07 Å². The van der Waals surface area contributed by atoms with Crippen molar-refractivity contribution >= 4 is 5.91 Å². The van der Waals surface area contributed by atoms with Crippen LogP contribution in [0.3, 0.4) is 0 Å². The van der Waals surface area contributed by atoms with Gasteiger partial charge in [0.2, 0.25) is 0 Å². The van der Waals surface area contributed by atoms with Gasteiger partial charge in [0.05, 0.1) is 5.56 Å². The quantitative estimate of drug-likeness (QED) is 0.775. The number of aryl methyl sites for hydroxylation is 1. The molecule has 0 aromatic heterocycles. The van der Waals surface area contributed by atoms with Crippen LogP contribution in [0.5, 0.6) is 5.75 Å². The van der Waals surface area contributed by atoms with E-state index < -0.39 is 0 Å². The Kier molecular flexibility index (Phi) is 2.18. The fourth-order valence-corrected chi connectivity index (χ4v) is 1.49. The lowest BCUT2D eigenvalue weighted by atomic mass is 10.1. The molecule has 1 aromatic rings. The minimum Gasteiger partial charge on any atom is -0.507 e. The Morgan fingerprint density at radius 2 is 2.13 bits per heavy atom. The van der Waals surface area contributed by atoms with Gasteiger partial charge in [0.15, 0.2) is 0 Å². The third-order valence-electron chi connectivity index (χ3n) is 2.81. The van der Waals surface area contributed by atoms with Gasteiger partial charge in [-0.2, -0.15) is 0 Å². The molecule has 1 aliphatic rings. The second-order valence-electron chi connectivity index (χ2n) is 4.54. The van der Waals surface area contributed by atoms with E-state index in [0.29, 0.717) is 5.56 Å². The summed E-state index contributed by atoms with van der Waals surface area (Å²) in [7, 11) is 0. The Hall–Kier alpha value is -1.51. The van der Waals surface area contributed by atoms with Gasteiger partial charge in [0.1, 0.15) is 5.75 Å². The Labute approximate surface area is 89.1 Å². The van der Waals surface area contributed by atoms with Crippen LogP contribution < -0.4 is 5.32 Å². The number of nitrogens with one attached hydrogen (secondary N) is 1. The summed E-state index contributed by atoms with van der Waals surface area (Å²) in [5.41, 5.74) is 1.25. The first-order chi connectivity index (χ1) is 7.00. The van der Waals surface area contributed by atoms with Crippen molar-refractivity contribution in [3.63, 3.8) is 0 Å². The first-order valence-electron chi connectivity index (χ1n) is 5.12. The molecule has 0 saturated heterocycles. The molecule has 1 amide bonds. The van der Waals surface area contributed by atoms with Gasteiger partial charge >= 0.3 is 0 Å². The van der Waals surface area contributed by atoms with Crippen LogP contribution in [0.4, 0.5) is 0 Å². The molecule has 1 saturated carbocycles. The third kappa shape index (κ3) is 2.12. The Morgan fingerprint density at radius 1 is 1.47 bits per heavy atom. The zero-order chi connectivity index (χ0) is 11.1. The SMILES string of the molecule is Cc1ccc(C(=O)NC2(C)CC2)c(O)c1. The fourth-order valence-electron chi connectivity index (χ4n) is 1.49. The average Bonchev–Trinajstić information content (AvgIpc) is 2.82. The molecule has 0 atom stereocenters. The van der Waals surface area contributed by atoms with Crippen molar-refractivity contribution in [3.05, 3.63) is 29.3 Å². The molecule has 3 nitrogen and oxygen atoms in total. The first-order valence-corrected chi connectivity index (χ1v) is 5.12. The molecule has 0 aliphatic heterocycles. The second kappa shape index (κ2) is 3.26. The lowest BCUT2D eigenvalue weighted by Crippen LogP contribution is -2.34. The maximum absolute atomic E-state index is 11.8. The number of phenolic OH excluding ortho intramolecular Hbond substituents is 1. The maximum Gasteiger partial charge on any atom is 0.255 e. The normalized spacial score (nSPS) is 17.2. The number of aromatic hydroxyl groups is 1. The molecule has 1 aliphatic carbocycles. The molecule has 0 bridgehead atoms. The standard InChI is InChI=1S/C12H15NO2/c1-8-3-4-9(10(14)7-8)11(15)13-12(2)5-6-12/h3-4,7,14H,5-6H2,1-2H3,(H,13,15). The molecule has 1 fully saturated rings. The van der Waals surface area contributed by atoms with Crippen molar-refractivity contribution in [1.82, 2.24) is 5.32 Å². The largest absolute Gasteiger partial charge is 0.507 e. The number of hydrogen-bond donors (Lipinski definition) is 2. The van der Waals surface area contributed by atoms with E-state index in [9.17, 15) is 9.90 Å². The molecule has 15 heavy (non-hydrogen) atoms. The van der Waals surface area contributed by atoms with E-state index in [1.165, 1.54) is 0 Å². The highest BCUT2D eigenvalue weighted by Gasteiger charge is 2.39. The molecule has 1 aromatic carbocycles. The smallest absolute Gasteiger partial charge is 0.255 e. The van der Waals surface area contributed by atoms with Crippen molar-refractivity contribution < 1.29 is 9.90 Å². The highest BCUT2D eigenvalue weighted by atomic mass is 16.3. The molecular weight excluding hydrogens is 190 g/mol. The fraction of sp³-hybridized carbons (Fsp3) is 0.417. The Bertz CT molecular complexity index is 408. The van der Waals surface area contributed by atoms with Crippen molar-refractivity contribution in [2.45, 2.75) is 32.2 Å². The lowest BCUT2D eigenvalue weighted by Gasteiger charge is -2.12. The third-order valence-corrected chi connectivity index (χ3v) is 2.81. The number of carbonyl (C=O) groups is 1. The van der Waals surface area contributed by atoms with Crippen LogP contribution in [0.15, 0.2) is 18.2 Å². The predicted molar refractivity (Wildman–Crippen MR) is 57.9 cm³/mol. The van der Waals surface area contributed by atoms with Crippen molar-refractivity contribution in [2.75, 3.05) is 0 Å². The second-order valence-corrected chi connectivity index (χ2v) is 4.54. The number of hydrogen-bond acceptors (Lipinski definition) is 2. The van der Waals surface area contributed by atoms with Crippen LogP contribution in [0, 0.1) is 6.92 Å². The molecule has 0 unspecified atom stereocenters. The summed E-state index contributed by atoms with van der Waals surface area (Å²) in [4.78, 5) is 11.8. The summed E-state index contributed by atoms with van der Waals surface area (Å²) in [5, 5.41) is 12.5. The molecule has 3 heteroatoms. The van der Waals surface area contributed by atoms with E-state index in [-0.39, 0.29) is 17.2 Å². The summed E-state index contributed by atoms with van der Waals surface area (Å²) < 4.78 is 0. The molecule has 2 rings (SSSR count). The minimum absolute atomic E-state index is 0.0472. The molecular formula is C12H15NO2. The van der Waals surface area contributed by atoms with Gasteiger partial charge in [-0.15, -0.1) is 0 Å². The van der Waals surface area contributed by atoms with Crippen molar-refractivity contribution in [1.29, 1.82) is 0 Å². The topological polar surface area (TPSA) is 49.3 Å². The van der Waals surface area contributed by atoms with E-state index in [2.05, 4.69) is 5.32 Å². The highest BCUT2D eigenvalue weighted by Crippen LogP contribution is 2.35. The van der Waals surface area contributed by atoms with Crippen molar-refractivity contribution in [2.24, 2.45) is 0 Å². The monoisotopic (exact) mass is 205 g/mol. The molecule has 0 spiro atoms. The maximum atomic E-state index is 11.8. The molecule has 0 radical (unpaired) electrons. The molecule has 80 valence electrons. The van der Waals surface area contributed by atoms with Gasteiger partial charge < -0.3 is 10.4 Å². The minimum atomic E-state index is -0.187. The van der Waals surface area contributed by atoms with Gasteiger partial charge in [-0.25, -0.2) is 0 Å². The number of phenols is 1. The molecule has 2 N–H and O–H groups in total. The zero-order valence-electron chi connectivity index (χ0n) is 9.00. The lowest BCUT2D eigenvalue weighted by molar-refractivity contribution is 0.0933.